The van der Waals surface area contributed by atoms with Crippen LogP contribution in [0.5, 0.6) is 0 Å². The maximum Gasteiger partial charge on any atom is 0.275 e. The molecule has 134 valence electrons. The molecule has 0 saturated carbocycles. The van der Waals surface area contributed by atoms with Crippen LogP contribution in [0.4, 0.5) is 11.4 Å². The molecule has 0 aliphatic carbocycles. The molecule has 0 radical (unpaired) electrons. The Morgan fingerprint density at radius 1 is 1.15 bits per heavy atom. The minimum Gasteiger partial charge on any atom is -0.462 e. The van der Waals surface area contributed by atoms with Gasteiger partial charge in [0.05, 0.1) is 17.6 Å². The summed E-state index contributed by atoms with van der Waals surface area (Å²) in [7, 11) is 2.13. The number of nitrogens with one attached hydrogen (secondary N) is 1. The second-order valence-electron chi connectivity index (χ2n) is 6.28. The van der Waals surface area contributed by atoms with Crippen LogP contribution in [0, 0.1) is 0 Å². The van der Waals surface area contributed by atoms with Crippen LogP contribution < -0.4 is 10.2 Å². The van der Waals surface area contributed by atoms with Gasteiger partial charge in [-0.2, -0.15) is 0 Å². The highest BCUT2D eigenvalue weighted by atomic mass is 32.1. The summed E-state index contributed by atoms with van der Waals surface area (Å²) in [6, 6.07) is 11.6. The number of piperazine rings is 1. The van der Waals surface area contributed by atoms with E-state index in [0.29, 0.717) is 16.5 Å². The lowest BCUT2D eigenvalue weighted by atomic mass is 10.2. The number of thiazole rings is 1. The van der Waals surface area contributed by atoms with Gasteiger partial charge in [0.25, 0.3) is 5.91 Å². The van der Waals surface area contributed by atoms with Crippen molar-refractivity contribution in [2.45, 2.75) is 0 Å². The van der Waals surface area contributed by atoms with Gasteiger partial charge in [-0.3, -0.25) is 4.79 Å². The number of carbonyl (C=O) groups is 1. The van der Waals surface area contributed by atoms with Crippen LogP contribution in [0.25, 0.3) is 10.8 Å². The smallest absolute Gasteiger partial charge is 0.275 e. The van der Waals surface area contributed by atoms with E-state index in [4.69, 9.17) is 4.42 Å². The maximum absolute atomic E-state index is 12.7. The summed E-state index contributed by atoms with van der Waals surface area (Å²) < 4.78 is 5.34. The van der Waals surface area contributed by atoms with Crippen molar-refractivity contribution in [1.29, 1.82) is 0 Å². The van der Waals surface area contributed by atoms with Gasteiger partial charge in [0.15, 0.2) is 10.8 Å². The van der Waals surface area contributed by atoms with Gasteiger partial charge in [0.1, 0.15) is 5.69 Å². The van der Waals surface area contributed by atoms with E-state index in [1.165, 1.54) is 11.3 Å². The molecule has 0 unspecified atom stereocenters. The van der Waals surface area contributed by atoms with Crippen LogP contribution in [0.3, 0.4) is 0 Å². The lowest BCUT2D eigenvalue weighted by molar-refractivity contribution is 0.102. The van der Waals surface area contributed by atoms with Crippen LogP contribution in [0.15, 0.2) is 52.5 Å². The van der Waals surface area contributed by atoms with Crippen LogP contribution >= 0.6 is 11.3 Å². The Morgan fingerprint density at radius 2 is 1.96 bits per heavy atom. The molecule has 0 atom stereocenters. The largest absolute Gasteiger partial charge is 0.462 e. The fraction of sp³-hybridized carbons (Fsp3) is 0.263. The highest BCUT2D eigenvalue weighted by molar-refractivity contribution is 7.13. The van der Waals surface area contributed by atoms with Gasteiger partial charge in [-0.15, -0.1) is 11.3 Å². The van der Waals surface area contributed by atoms with Crippen LogP contribution in [-0.4, -0.2) is 49.0 Å². The Bertz CT molecular complexity index is 883. The average molecular weight is 368 g/mol. The topological polar surface area (TPSA) is 61.6 Å². The van der Waals surface area contributed by atoms with Gasteiger partial charge in [-0.05, 0) is 31.3 Å². The van der Waals surface area contributed by atoms with E-state index in [2.05, 4.69) is 33.2 Å². The van der Waals surface area contributed by atoms with Crippen molar-refractivity contribution in [3.8, 4) is 10.8 Å². The minimum absolute atomic E-state index is 0.208. The van der Waals surface area contributed by atoms with Gasteiger partial charge >= 0.3 is 0 Å². The zero-order valence-electron chi connectivity index (χ0n) is 14.5. The molecule has 1 aliphatic rings. The second-order valence-corrected chi connectivity index (χ2v) is 7.13. The summed E-state index contributed by atoms with van der Waals surface area (Å²) in [6.45, 7) is 3.92. The predicted octanol–water partition coefficient (Wildman–Crippen LogP) is 3.41. The van der Waals surface area contributed by atoms with Crippen LogP contribution in [0.2, 0.25) is 0 Å². The van der Waals surface area contributed by atoms with Crippen molar-refractivity contribution >= 4 is 28.6 Å². The molecule has 0 spiro atoms. The molecule has 3 aromatic rings. The van der Waals surface area contributed by atoms with Crippen molar-refractivity contribution < 1.29 is 9.21 Å². The fourth-order valence-corrected chi connectivity index (χ4v) is 3.75. The van der Waals surface area contributed by atoms with E-state index in [1.54, 1.807) is 11.6 Å². The van der Waals surface area contributed by atoms with Gasteiger partial charge in [-0.1, -0.05) is 12.1 Å². The van der Waals surface area contributed by atoms with Gasteiger partial charge in [0.2, 0.25) is 0 Å². The number of aromatic nitrogens is 1. The molecule has 2 aromatic heterocycles. The van der Waals surface area contributed by atoms with Crippen molar-refractivity contribution in [2.75, 3.05) is 43.4 Å². The van der Waals surface area contributed by atoms with Crippen LogP contribution in [-0.2, 0) is 0 Å². The van der Waals surface area contributed by atoms with E-state index in [-0.39, 0.29) is 5.91 Å². The summed E-state index contributed by atoms with van der Waals surface area (Å²) in [5.74, 6) is 0.465. The van der Waals surface area contributed by atoms with Crippen molar-refractivity contribution in [3.05, 3.63) is 53.7 Å². The lowest BCUT2D eigenvalue weighted by Crippen LogP contribution is -2.44. The Hall–Kier alpha value is -2.64. The summed E-state index contributed by atoms with van der Waals surface area (Å²) in [5.41, 5.74) is 2.26. The summed E-state index contributed by atoms with van der Waals surface area (Å²) >= 11 is 1.40. The molecule has 1 amide bonds. The number of benzene rings is 1. The maximum atomic E-state index is 12.7. The first-order valence-electron chi connectivity index (χ1n) is 8.54. The highest BCUT2D eigenvalue weighted by Gasteiger charge is 2.19. The van der Waals surface area contributed by atoms with Gasteiger partial charge in [-0.25, -0.2) is 4.98 Å². The zero-order chi connectivity index (χ0) is 17.9. The molecule has 0 bridgehead atoms. The molecule has 3 heterocycles. The number of anilines is 2. The summed E-state index contributed by atoms with van der Waals surface area (Å²) in [4.78, 5) is 21.7. The molecule has 1 saturated heterocycles. The molecule has 1 aromatic carbocycles. The van der Waals surface area contributed by atoms with Crippen LogP contribution in [0.1, 0.15) is 10.5 Å². The SMILES string of the molecule is CN1CCN(c2ccccc2NC(=O)c2csc(-c3ccco3)n2)CC1. The average Bonchev–Trinajstić information content (AvgIpc) is 3.34. The highest BCUT2D eigenvalue weighted by Crippen LogP contribution is 2.28. The minimum atomic E-state index is -0.208. The van der Waals surface area contributed by atoms with Gasteiger partial charge in [0, 0.05) is 31.6 Å². The third kappa shape index (κ3) is 3.49. The van der Waals surface area contributed by atoms with E-state index < -0.39 is 0 Å². The van der Waals surface area contributed by atoms with Crippen molar-refractivity contribution in [2.24, 2.45) is 0 Å². The lowest BCUT2D eigenvalue weighted by Gasteiger charge is -2.35. The van der Waals surface area contributed by atoms with E-state index >= 15 is 0 Å². The molecule has 1 fully saturated rings. The predicted molar refractivity (Wildman–Crippen MR) is 104 cm³/mol. The first-order valence-corrected chi connectivity index (χ1v) is 9.42. The number of hydrogen-bond acceptors (Lipinski definition) is 6. The Balaban J connectivity index is 1.51. The summed E-state index contributed by atoms with van der Waals surface area (Å²) in [6.07, 6.45) is 1.60. The number of amides is 1. The quantitative estimate of drug-likeness (QED) is 0.765. The molecular formula is C19H20N4O2S. The Labute approximate surface area is 156 Å². The van der Waals surface area contributed by atoms with E-state index in [0.717, 1.165) is 37.6 Å². The standard InChI is InChI=1S/C19H20N4O2S/c1-22-8-10-23(11-9-22)16-6-3-2-5-14(16)20-18(24)15-13-26-19(21-15)17-7-4-12-25-17/h2-7,12-13H,8-11H2,1H3,(H,20,24). The van der Waals surface area contributed by atoms with Crippen molar-refractivity contribution in [3.63, 3.8) is 0 Å². The summed E-state index contributed by atoms with van der Waals surface area (Å²) in [5, 5.41) is 5.47. The van der Waals surface area contributed by atoms with E-state index in [1.807, 2.05) is 30.3 Å². The zero-order valence-corrected chi connectivity index (χ0v) is 15.3. The molecule has 4 rings (SSSR count). The molecular weight excluding hydrogens is 348 g/mol. The third-order valence-corrected chi connectivity index (χ3v) is 5.32. The van der Waals surface area contributed by atoms with Crippen molar-refractivity contribution in [1.82, 2.24) is 9.88 Å². The van der Waals surface area contributed by atoms with E-state index in [9.17, 15) is 4.79 Å². The fourth-order valence-electron chi connectivity index (χ4n) is 2.98. The number of para-hydroxylation sites is 2. The number of likely N-dealkylation sites (N-methyl/N-ethyl adjacent to an activating group) is 1. The molecule has 26 heavy (non-hydrogen) atoms. The number of hydrogen-bond donors (Lipinski definition) is 1. The molecule has 1 aliphatic heterocycles. The molecule has 6 nitrogen and oxygen atoms in total. The Kier molecular flexibility index (Phi) is 4.73. The second kappa shape index (κ2) is 7.31. The first-order chi connectivity index (χ1) is 12.7. The molecule has 1 N–H and O–H groups in total. The third-order valence-electron chi connectivity index (χ3n) is 4.46. The Morgan fingerprint density at radius 3 is 2.73 bits per heavy atom. The number of rotatable bonds is 4. The van der Waals surface area contributed by atoms with Gasteiger partial charge < -0.3 is 19.5 Å². The molecule has 7 heteroatoms. The number of nitrogens with zero attached hydrogens (tertiary/aromatic N) is 3. The number of furan rings is 1. The monoisotopic (exact) mass is 368 g/mol. The first kappa shape index (κ1) is 16.8. The normalized spacial score (nSPS) is 15.2. The number of carbonyl (C=O) groups excluding carboxylic acids is 1.